The smallest absolute Gasteiger partial charge is 0.256 e. The van der Waals surface area contributed by atoms with Gasteiger partial charge in [-0.3, -0.25) is 0 Å². The summed E-state index contributed by atoms with van der Waals surface area (Å²) in [6.07, 6.45) is -0.897. The van der Waals surface area contributed by atoms with E-state index < -0.39 is 23.8 Å². The fourth-order valence-electron chi connectivity index (χ4n) is 4.84. The molecule has 4 aromatic rings. The third-order valence-electron chi connectivity index (χ3n) is 6.43. The molecule has 172 valence electrons. The first-order valence-electron chi connectivity index (χ1n) is 11.4. The molecule has 0 bridgehead atoms. The van der Waals surface area contributed by atoms with Crippen molar-refractivity contribution in [3.63, 3.8) is 0 Å². The molecule has 4 aromatic carbocycles. The summed E-state index contributed by atoms with van der Waals surface area (Å²) in [7, 11) is 3.27. The highest BCUT2D eigenvalue weighted by atomic mass is 16.8. The maximum atomic E-state index is 7.05. The lowest BCUT2D eigenvalue weighted by atomic mass is 9.85. The predicted octanol–water partition coefficient (Wildman–Crippen LogP) is 6.51. The fourth-order valence-corrected chi connectivity index (χ4v) is 4.84. The van der Waals surface area contributed by atoms with E-state index in [1.807, 2.05) is 97.1 Å². The van der Waals surface area contributed by atoms with Crippen LogP contribution in [0, 0.1) is 0 Å². The molecular formula is C30H28O4. The van der Waals surface area contributed by atoms with E-state index in [1.54, 1.807) is 14.2 Å². The summed E-state index contributed by atoms with van der Waals surface area (Å²) in [4.78, 5) is 0. The minimum absolute atomic E-state index is 0.448. The summed E-state index contributed by atoms with van der Waals surface area (Å²) in [6.45, 7) is 0. The Bertz CT molecular complexity index is 1090. The minimum Gasteiger partial charge on any atom is -0.345 e. The molecule has 1 saturated heterocycles. The predicted molar refractivity (Wildman–Crippen MR) is 131 cm³/mol. The summed E-state index contributed by atoms with van der Waals surface area (Å²) in [5.41, 5.74) is 3.59. The van der Waals surface area contributed by atoms with Gasteiger partial charge in [0.2, 0.25) is 0 Å². The van der Waals surface area contributed by atoms with Crippen LogP contribution in [0.25, 0.3) is 0 Å². The molecule has 5 rings (SSSR count). The van der Waals surface area contributed by atoms with Crippen LogP contribution in [0.4, 0.5) is 0 Å². The highest BCUT2D eigenvalue weighted by molar-refractivity contribution is 5.35. The maximum Gasteiger partial charge on any atom is 0.256 e. The number of rotatable bonds is 6. The Morgan fingerprint density at radius 1 is 0.471 bits per heavy atom. The molecule has 0 saturated carbocycles. The van der Waals surface area contributed by atoms with Gasteiger partial charge in [-0.05, 0) is 11.1 Å². The first-order chi connectivity index (χ1) is 16.7. The van der Waals surface area contributed by atoms with Crippen molar-refractivity contribution >= 4 is 0 Å². The topological polar surface area (TPSA) is 36.9 Å². The lowest BCUT2D eigenvalue weighted by Crippen LogP contribution is -2.60. The highest BCUT2D eigenvalue weighted by Crippen LogP contribution is 2.58. The number of methoxy groups -OCH3 is 2. The van der Waals surface area contributed by atoms with E-state index in [4.69, 9.17) is 18.9 Å². The first-order valence-corrected chi connectivity index (χ1v) is 11.4. The van der Waals surface area contributed by atoms with E-state index in [0.29, 0.717) is 0 Å². The summed E-state index contributed by atoms with van der Waals surface area (Å²) in [5, 5.41) is 0. The summed E-state index contributed by atoms with van der Waals surface area (Å²) in [6, 6.07) is 39.9. The third-order valence-corrected chi connectivity index (χ3v) is 6.43. The summed E-state index contributed by atoms with van der Waals surface area (Å²) >= 11 is 0. The van der Waals surface area contributed by atoms with Crippen molar-refractivity contribution in [1.29, 1.82) is 0 Å². The molecule has 0 spiro atoms. The van der Waals surface area contributed by atoms with E-state index >= 15 is 0 Å². The van der Waals surface area contributed by atoms with Crippen LogP contribution < -0.4 is 0 Å². The lowest BCUT2D eigenvalue weighted by molar-refractivity contribution is -0.482. The van der Waals surface area contributed by atoms with Crippen LogP contribution in [0.5, 0.6) is 0 Å². The minimum atomic E-state index is -1.38. The largest absolute Gasteiger partial charge is 0.345 e. The summed E-state index contributed by atoms with van der Waals surface area (Å²) in [5.74, 6) is -2.76. The lowest BCUT2D eigenvalue weighted by Gasteiger charge is -2.55. The number of hydrogen-bond donors (Lipinski definition) is 0. The SMILES string of the molecule is COC1(c2ccccc2)OC(c2ccccc2)C(c2ccccc2)OC1(OC)c1ccccc1. The number of benzene rings is 4. The van der Waals surface area contributed by atoms with Crippen LogP contribution in [0.1, 0.15) is 34.5 Å². The Morgan fingerprint density at radius 2 is 0.765 bits per heavy atom. The van der Waals surface area contributed by atoms with E-state index in [0.717, 1.165) is 22.3 Å². The van der Waals surface area contributed by atoms with E-state index in [1.165, 1.54) is 0 Å². The van der Waals surface area contributed by atoms with Crippen LogP contribution in [-0.4, -0.2) is 14.2 Å². The van der Waals surface area contributed by atoms with Crippen molar-refractivity contribution in [3.8, 4) is 0 Å². The molecule has 1 aliphatic heterocycles. The molecule has 4 heteroatoms. The van der Waals surface area contributed by atoms with Crippen molar-refractivity contribution in [2.24, 2.45) is 0 Å². The van der Waals surface area contributed by atoms with Crippen LogP contribution in [0.15, 0.2) is 121 Å². The van der Waals surface area contributed by atoms with Crippen molar-refractivity contribution in [2.45, 2.75) is 23.8 Å². The van der Waals surface area contributed by atoms with Crippen molar-refractivity contribution in [2.75, 3.05) is 14.2 Å². The van der Waals surface area contributed by atoms with Gasteiger partial charge < -0.3 is 18.9 Å². The van der Waals surface area contributed by atoms with Crippen LogP contribution in [-0.2, 0) is 30.5 Å². The molecule has 0 radical (unpaired) electrons. The van der Waals surface area contributed by atoms with Gasteiger partial charge in [0.25, 0.3) is 11.6 Å². The third kappa shape index (κ3) is 3.65. The Kier molecular flexibility index (Phi) is 6.31. The standard InChI is InChI=1S/C30H28O4/c1-31-29(25-19-11-5-12-20-25)30(32-2,26-21-13-6-14-22-26)34-28(24-17-9-4-10-18-24)27(33-29)23-15-7-3-8-16-23/h3-22,27-28H,1-2H3. The Balaban J connectivity index is 1.77. The van der Waals surface area contributed by atoms with Gasteiger partial charge in [0, 0.05) is 25.3 Å². The average Bonchev–Trinajstić information content (AvgIpc) is 2.94. The van der Waals surface area contributed by atoms with Gasteiger partial charge in [-0.1, -0.05) is 121 Å². The average molecular weight is 453 g/mol. The quantitative estimate of drug-likeness (QED) is 0.334. The van der Waals surface area contributed by atoms with Crippen molar-refractivity contribution in [3.05, 3.63) is 144 Å². The Labute approximate surface area is 200 Å². The molecule has 0 aromatic heterocycles. The van der Waals surface area contributed by atoms with Gasteiger partial charge in [-0.25, -0.2) is 0 Å². The van der Waals surface area contributed by atoms with Gasteiger partial charge in [-0.2, -0.15) is 0 Å². The molecule has 4 unspecified atom stereocenters. The second-order valence-electron chi connectivity index (χ2n) is 8.27. The van der Waals surface area contributed by atoms with E-state index in [-0.39, 0.29) is 0 Å². The Hall–Kier alpha value is -3.28. The zero-order valence-electron chi connectivity index (χ0n) is 19.3. The molecule has 1 fully saturated rings. The number of ether oxygens (including phenoxy) is 4. The molecule has 4 atom stereocenters. The molecule has 34 heavy (non-hydrogen) atoms. The van der Waals surface area contributed by atoms with Gasteiger partial charge in [-0.15, -0.1) is 0 Å². The van der Waals surface area contributed by atoms with Gasteiger partial charge in [0.05, 0.1) is 0 Å². The van der Waals surface area contributed by atoms with Crippen molar-refractivity contribution < 1.29 is 18.9 Å². The fraction of sp³-hybridized carbons (Fsp3) is 0.200. The van der Waals surface area contributed by atoms with E-state index in [9.17, 15) is 0 Å². The summed E-state index contributed by atoms with van der Waals surface area (Å²) < 4.78 is 26.7. The highest BCUT2D eigenvalue weighted by Gasteiger charge is 2.64. The van der Waals surface area contributed by atoms with Gasteiger partial charge >= 0.3 is 0 Å². The zero-order chi connectivity index (χ0) is 23.4. The second kappa shape index (κ2) is 9.53. The second-order valence-corrected chi connectivity index (χ2v) is 8.27. The molecule has 0 amide bonds. The zero-order valence-corrected chi connectivity index (χ0v) is 19.3. The molecule has 4 nitrogen and oxygen atoms in total. The Morgan fingerprint density at radius 3 is 1.06 bits per heavy atom. The maximum absolute atomic E-state index is 7.05. The molecule has 1 heterocycles. The van der Waals surface area contributed by atoms with Gasteiger partial charge in [0.1, 0.15) is 12.2 Å². The van der Waals surface area contributed by atoms with Gasteiger partial charge in [0.15, 0.2) is 0 Å². The number of hydrogen-bond acceptors (Lipinski definition) is 4. The van der Waals surface area contributed by atoms with Crippen LogP contribution in [0.2, 0.25) is 0 Å². The van der Waals surface area contributed by atoms with Crippen LogP contribution >= 0.6 is 0 Å². The first kappa shape index (κ1) is 22.5. The molecule has 0 N–H and O–H groups in total. The molecule has 1 aliphatic rings. The molecular weight excluding hydrogens is 424 g/mol. The molecule has 0 aliphatic carbocycles. The monoisotopic (exact) mass is 452 g/mol. The van der Waals surface area contributed by atoms with Crippen LogP contribution in [0.3, 0.4) is 0 Å². The van der Waals surface area contributed by atoms with Crippen molar-refractivity contribution in [1.82, 2.24) is 0 Å². The normalized spacial score (nSPS) is 26.8. The van der Waals surface area contributed by atoms with E-state index in [2.05, 4.69) is 24.3 Å².